The lowest BCUT2D eigenvalue weighted by atomic mass is 10.1. The second-order valence-corrected chi connectivity index (χ2v) is 8.74. The van der Waals surface area contributed by atoms with Crippen LogP contribution in [0, 0.1) is 11.3 Å². The molecule has 0 aliphatic carbocycles. The summed E-state index contributed by atoms with van der Waals surface area (Å²) in [6.45, 7) is 6.77. The summed E-state index contributed by atoms with van der Waals surface area (Å²) in [4.78, 5) is 23.9. The number of amides is 1. The SMILES string of the molecule is CCC[S+]([O-])N(Cc1ccncn1)c1ccc(N2CCN(C(=O)OCC)CC2)c(C#N)c1. The summed E-state index contributed by atoms with van der Waals surface area (Å²) in [7, 11) is 0. The summed E-state index contributed by atoms with van der Waals surface area (Å²) in [6.07, 6.45) is 3.60. The first-order valence-corrected chi connectivity index (χ1v) is 12.0. The van der Waals surface area contributed by atoms with E-state index in [4.69, 9.17) is 4.74 Å². The standard InChI is InChI=1S/C22H28N6O3S/c1-3-13-32(30)28(16-19-7-8-24-17-25-19)20-5-6-21(18(14-20)15-23)26-9-11-27(12-10-26)22(29)31-4-2/h5-8,14,17H,3-4,9-13,16H2,1-2H3. The largest absolute Gasteiger partial charge is 0.593 e. The maximum atomic E-state index is 12.9. The van der Waals surface area contributed by atoms with E-state index in [2.05, 4.69) is 20.9 Å². The Morgan fingerprint density at radius 3 is 2.69 bits per heavy atom. The average molecular weight is 457 g/mol. The van der Waals surface area contributed by atoms with Gasteiger partial charge in [0.05, 0.1) is 40.6 Å². The highest BCUT2D eigenvalue weighted by Crippen LogP contribution is 2.29. The fourth-order valence-corrected chi connectivity index (χ4v) is 4.71. The van der Waals surface area contributed by atoms with E-state index in [-0.39, 0.29) is 6.09 Å². The van der Waals surface area contributed by atoms with Gasteiger partial charge in [0.1, 0.15) is 24.7 Å². The van der Waals surface area contributed by atoms with E-state index in [1.54, 1.807) is 34.5 Å². The number of piperazine rings is 1. The van der Waals surface area contributed by atoms with Gasteiger partial charge in [0.2, 0.25) is 0 Å². The molecule has 1 amide bonds. The molecule has 10 heteroatoms. The fraction of sp³-hybridized carbons (Fsp3) is 0.455. The summed E-state index contributed by atoms with van der Waals surface area (Å²) < 4.78 is 19.8. The fourth-order valence-electron chi connectivity index (χ4n) is 3.51. The zero-order chi connectivity index (χ0) is 22.9. The number of aromatic nitrogens is 2. The lowest BCUT2D eigenvalue weighted by Crippen LogP contribution is -2.49. The zero-order valence-corrected chi connectivity index (χ0v) is 19.3. The Morgan fingerprint density at radius 1 is 1.28 bits per heavy atom. The number of nitrogens with zero attached hydrogens (tertiary/aromatic N) is 6. The van der Waals surface area contributed by atoms with Gasteiger partial charge in [0.25, 0.3) is 0 Å². The summed E-state index contributed by atoms with van der Waals surface area (Å²) in [5.74, 6) is 0.518. The number of anilines is 2. The molecule has 32 heavy (non-hydrogen) atoms. The van der Waals surface area contributed by atoms with E-state index in [1.807, 2.05) is 19.1 Å². The molecule has 2 aromatic rings. The van der Waals surface area contributed by atoms with E-state index in [0.29, 0.717) is 56.3 Å². The van der Waals surface area contributed by atoms with Gasteiger partial charge in [-0.3, -0.25) is 0 Å². The van der Waals surface area contributed by atoms with Crippen LogP contribution in [-0.2, 0) is 22.6 Å². The van der Waals surface area contributed by atoms with Crippen LogP contribution in [0.3, 0.4) is 0 Å². The molecule has 9 nitrogen and oxygen atoms in total. The van der Waals surface area contributed by atoms with Crippen molar-refractivity contribution in [1.29, 1.82) is 5.26 Å². The normalized spacial score (nSPS) is 14.6. The van der Waals surface area contributed by atoms with Crippen molar-refractivity contribution in [3.63, 3.8) is 0 Å². The van der Waals surface area contributed by atoms with Gasteiger partial charge >= 0.3 is 6.09 Å². The molecule has 0 saturated carbocycles. The molecule has 1 aromatic heterocycles. The Bertz CT molecular complexity index is 931. The smallest absolute Gasteiger partial charge is 0.409 e. The molecule has 3 rings (SSSR count). The molecule has 0 bridgehead atoms. The lowest BCUT2D eigenvalue weighted by molar-refractivity contribution is 0.105. The molecule has 170 valence electrons. The first kappa shape index (κ1) is 23.6. The van der Waals surface area contributed by atoms with Crippen molar-refractivity contribution in [2.45, 2.75) is 26.8 Å². The van der Waals surface area contributed by atoms with E-state index >= 15 is 0 Å². The predicted molar refractivity (Wildman–Crippen MR) is 123 cm³/mol. The maximum absolute atomic E-state index is 12.9. The van der Waals surface area contributed by atoms with E-state index in [0.717, 1.165) is 17.8 Å². The Labute approximate surface area is 191 Å². The zero-order valence-electron chi connectivity index (χ0n) is 18.4. The van der Waals surface area contributed by atoms with Crippen molar-refractivity contribution in [1.82, 2.24) is 14.9 Å². The molecular formula is C22H28N6O3S. The molecule has 1 aliphatic heterocycles. The molecule has 1 unspecified atom stereocenters. The number of nitriles is 1. The first-order chi connectivity index (χ1) is 15.6. The number of carbonyl (C=O) groups is 1. The van der Waals surface area contributed by atoms with Gasteiger partial charge in [-0.25, -0.2) is 14.8 Å². The van der Waals surface area contributed by atoms with Gasteiger partial charge in [-0.05, 0) is 37.6 Å². The Balaban J connectivity index is 1.79. The van der Waals surface area contributed by atoms with Crippen molar-refractivity contribution < 1.29 is 14.1 Å². The van der Waals surface area contributed by atoms with Crippen LogP contribution >= 0.6 is 0 Å². The van der Waals surface area contributed by atoms with Gasteiger partial charge in [-0.15, -0.1) is 0 Å². The number of rotatable bonds is 8. The van der Waals surface area contributed by atoms with Crippen molar-refractivity contribution in [2.75, 3.05) is 47.7 Å². The van der Waals surface area contributed by atoms with Crippen molar-refractivity contribution in [2.24, 2.45) is 0 Å². The molecule has 0 N–H and O–H groups in total. The third kappa shape index (κ3) is 5.81. The molecule has 2 heterocycles. The topological polar surface area (TPSA) is 109 Å². The van der Waals surface area contributed by atoms with Crippen LogP contribution < -0.4 is 9.21 Å². The number of ether oxygens (including phenoxy) is 1. The average Bonchev–Trinajstić information content (AvgIpc) is 2.83. The van der Waals surface area contributed by atoms with Crippen molar-refractivity contribution >= 4 is 28.8 Å². The second kappa shape index (κ2) is 11.5. The maximum Gasteiger partial charge on any atom is 0.409 e. The van der Waals surface area contributed by atoms with Crippen LogP contribution in [0.25, 0.3) is 0 Å². The summed E-state index contributed by atoms with van der Waals surface area (Å²) >= 11 is -1.25. The van der Waals surface area contributed by atoms with Crippen LogP contribution in [-0.4, -0.2) is 64.1 Å². The number of benzene rings is 1. The highest BCUT2D eigenvalue weighted by Gasteiger charge is 2.26. The molecule has 1 aromatic carbocycles. The van der Waals surface area contributed by atoms with Gasteiger partial charge in [-0.1, -0.05) is 6.92 Å². The second-order valence-electron chi connectivity index (χ2n) is 7.25. The predicted octanol–water partition coefficient (Wildman–Crippen LogP) is 2.71. The van der Waals surface area contributed by atoms with E-state index < -0.39 is 11.4 Å². The monoisotopic (exact) mass is 456 g/mol. The van der Waals surface area contributed by atoms with Crippen LogP contribution in [0.4, 0.5) is 16.2 Å². The lowest BCUT2D eigenvalue weighted by Gasteiger charge is -2.36. The van der Waals surface area contributed by atoms with Crippen LogP contribution in [0.5, 0.6) is 0 Å². The number of carbonyl (C=O) groups excluding carboxylic acids is 1. The third-order valence-electron chi connectivity index (χ3n) is 5.11. The van der Waals surface area contributed by atoms with Gasteiger partial charge in [-0.2, -0.15) is 9.57 Å². The summed E-state index contributed by atoms with van der Waals surface area (Å²) in [6, 6.07) is 9.63. The minimum atomic E-state index is -1.25. The molecule has 1 atom stereocenters. The van der Waals surface area contributed by atoms with Gasteiger partial charge in [0.15, 0.2) is 0 Å². The highest BCUT2D eigenvalue weighted by molar-refractivity contribution is 7.92. The highest BCUT2D eigenvalue weighted by atomic mass is 32.2. The van der Waals surface area contributed by atoms with Gasteiger partial charge in [0, 0.05) is 32.4 Å². The number of hydrogen-bond acceptors (Lipinski definition) is 8. The Morgan fingerprint density at radius 2 is 2.06 bits per heavy atom. The Hall–Kier alpha value is -3.03. The van der Waals surface area contributed by atoms with Crippen LogP contribution in [0.15, 0.2) is 36.8 Å². The van der Waals surface area contributed by atoms with Crippen molar-refractivity contribution in [3.8, 4) is 6.07 Å². The Kier molecular flexibility index (Phi) is 8.53. The van der Waals surface area contributed by atoms with Crippen LogP contribution in [0.1, 0.15) is 31.5 Å². The minimum absolute atomic E-state index is 0.304. The summed E-state index contributed by atoms with van der Waals surface area (Å²) in [5.41, 5.74) is 2.78. The van der Waals surface area contributed by atoms with Gasteiger partial charge < -0.3 is 19.1 Å². The molecule has 0 radical (unpaired) electrons. The molecule has 1 fully saturated rings. The molecule has 1 aliphatic rings. The molecular weight excluding hydrogens is 428 g/mol. The molecule has 1 saturated heterocycles. The van der Waals surface area contributed by atoms with E-state index in [1.165, 1.54) is 6.33 Å². The van der Waals surface area contributed by atoms with Crippen molar-refractivity contribution in [3.05, 3.63) is 48.0 Å². The first-order valence-electron chi connectivity index (χ1n) is 10.7. The number of hydrogen-bond donors (Lipinski definition) is 0. The quantitative estimate of drug-likeness (QED) is 0.558. The third-order valence-corrected chi connectivity index (χ3v) is 6.70. The summed E-state index contributed by atoms with van der Waals surface area (Å²) in [5, 5.41) is 9.82. The van der Waals surface area contributed by atoms with E-state index in [9.17, 15) is 14.6 Å². The minimum Gasteiger partial charge on any atom is -0.593 e. The molecule has 0 spiro atoms. The van der Waals surface area contributed by atoms with Crippen LogP contribution in [0.2, 0.25) is 0 Å².